The van der Waals surface area contributed by atoms with Gasteiger partial charge in [-0.3, -0.25) is 0 Å². The van der Waals surface area contributed by atoms with E-state index in [-0.39, 0.29) is 42.3 Å². The Morgan fingerprint density at radius 1 is 0.833 bits per heavy atom. The molecule has 0 heterocycles. The van der Waals surface area contributed by atoms with Gasteiger partial charge in [-0.2, -0.15) is 0 Å². The van der Waals surface area contributed by atoms with Crippen LogP contribution in [0.25, 0.3) is 0 Å². The number of nitrogens with zero attached hydrogens (tertiary/aromatic N) is 1. The zero-order valence-corrected chi connectivity index (χ0v) is 19.4. The molecule has 1 saturated carbocycles. The number of carboxylic acids is 1. The first-order valence-corrected chi connectivity index (χ1v) is 9.98. The van der Waals surface area contributed by atoms with Crippen molar-refractivity contribution in [2.24, 2.45) is 11.8 Å². The summed E-state index contributed by atoms with van der Waals surface area (Å²) >= 11 is 0. The van der Waals surface area contributed by atoms with E-state index in [9.17, 15) is 14.7 Å². The summed E-state index contributed by atoms with van der Waals surface area (Å²) in [6, 6.07) is 18.9. The van der Waals surface area contributed by atoms with E-state index < -0.39 is 5.97 Å². The number of anilines is 2. The van der Waals surface area contributed by atoms with Crippen LogP contribution in [0, 0.1) is 11.8 Å². The van der Waals surface area contributed by atoms with Gasteiger partial charge in [-0.05, 0) is 61.8 Å². The van der Waals surface area contributed by atoms with E-state index in [4.69, 9.17) is 9.47 Å². The van der Waals surface area contributed by atoms with Gasteiger partial charge >= 0.3 is 35.7 Å². The molecular formula is C23H26NNaO5. The monoisotopic (exact) mass is 419 g/mol. The Morgan fingerprint density at radius 2 is 1.30 bits per heavy atom. The summed E-state index contributed by atoms with van der Waals surface area (Å²) in [5.41, 5.74) is 1.52. The second kappa shape index (κ2) is 12.7. The van der Waals surface area contributed by atoms with Crippen molar-refractivity contribution < 1.29 is 53.7 Å². The largest absolute Gasteiger partial charge is 1.00 e. The van der Waals surface area contributed by atoms with E-state index in [0.29, 0.717) is 25.0 Å². The molecule has 0 unspecified atom stereocenters. The Bertz CT molecular complexity index is 739. The second-order valence-electron chi connectivity index (χ2n) is 7.36. The van der Waals surface area contributed by atoms with Crippen LogP contribution >= 0.6 is 0 Å². The van der Waals surface area contributed by atoms with Gasteiger partial charge in [0, 0.05) is 6.61 Å². The van der Waals surface area contributed by atoms with E-state index in [0.717, 1.165) is 37.1 Å². The normalized spacial score (nSPS) is 18.1. The number of para-hydroxylation sites is 2. The van der Waals surface area contributed by atoms with Crippen molar-refractivity contribution in [2.45, 2.75) is 25.7 Å². The molecule has 2 aromatic carbocycles. The molecule has 0 aliphatic heterocycles. The molecule has 1 aliphatic carbocycles. The van der Waals surface area contributed by atoms with Crippen LogP contribution in [0.2, 0.25) is 0 Å². The van der Waals surface area contributed by atoms with E-state index in [1.807, 2.05) is 60.7 Å². The summed E-state index contributed by atoms with van der Waals surface area (Å²) in [5.74, 6) is -0.525. The average molecular weight is 419 g/mol. The van der Waals surface area contributed by atoms with E-state index in [1.165, 1.54) is 0 Å². The summed E-state index contributed by atoms with van der Waals surface area (Å²) in [5, 5.41) is 10.4. The Morgan fingerprint density at radius 3 is 1.77 bits per heavy atom. The Balaban J connectivity index is 0.00000320. The van der Waals surface area contributed by atoms with Crippen molar-refractivity contribution in [1.29, 1.82) is 0 Å². The van der Waals surface area contributed by atoms with Gasteiger partial charge in [-0.25, -0.2) is 9.69 Å². The van der Waals surface area contributed by atoms with Crippen molar-refractivity contribution in [2.75, 3.05) is 24.7 Å². The Labute approximate surface area is 199 Å². The first kappa shape index (κ1) is 24.4. The third-order valence-corrected chi connectivity index (χ3v) is 5.19. The molecule has 1 aliphatic rings. The number of carbonyl (C=O) groups excluding carboxylic acids is 2. The van der Waals surface area contributed by atoms with Gasteiger partial charge in [0.05, 0.1) is 30.6 Å². The molecule has 1 amide bonds. The molecule has 0 N–H and O–H groups in total. The third-order valence-electron chi connectivity index (χ3n) is 5.19. The maximum atomic E-state index is 12.9. The minimum Gasteiger partial charge on any atom is -0.548 e. The van der Waals surface area contributed by atoms with E-state index in [1.54, 1.807) is 4.90 Å². The topological polar surface area (TPSA) is 78.9 Å². The van der Waals surface area contributed by atoms with Crippen molar-refractivity contribution in [3.05, 3.63) is 60.7 Å². The zero-order chi connectivity index (χ0) is 20.5. The molecule has 0 aromatic heterocycles. The fraction of sp³-hybridized carbons (Fsp3) is 0.391. The summed E-state index contributed by atoms with van der Waals surface area (Å²) in [6.07, 6.45) is 3.36. The maximum Gasteiger partial charge on any atom is 1.00 e. The van der Waals surface area contributed by atoms with Crippen LogP contribution in [0.15, 0.2) is 60.7 Å². The molecule has 154 valence electrons. The molecule has 6 nitrogen and oxygen atoms in total. The number of ether oxygens (including phenoxy) is 2. The van der Waals surface area contributed by atoms with E-state index >= 15 is 0 Å². The van der Waals surface area contributed by atoms with Gasteiger partial charge in [-0.1, -0.05) is 36.4 Å². The summed E-state index contributed by atoms with van der Waals surface area (Å²) in [6.45, 7) is 0.463. The Hall–Kier alpha value is -1.86. The molecule has 0 spiro atoms. The predicted octanol–water partition coefficient (Wildman–Crippen LogP) is 0.538. The molecule has 3 rings (SSSR count). The van der Waals surface area contributed by atoms with Crippen LogP contribution in [0.5, 0.6) is 0 Å². The molecule has 0 bridgehead atoms. The number of hydrogen-bond donors (Lipinski definition) is 0. The van der Waals surface area contributed by atoms with Crippen molar-refractivity contribution >= 4 is 23.4 Å². The van der Waals surface area contributed by atoms with Gasteiger partial charge in [0.15, 0.2) is 0 Å². The number of carboxylic acid groups (broad SMARTS) is 1. The van der Waals surface area contributed by atoms with Crippen molar-refractivity contribution in [1.82, 2.24) is 0 Å². The number of amides is 1. The molecule has 7 heteroatoms. The number of carbonyl (C=O) groups is 2. The number of aliphatic carboxylic acids is 1. The van der Waals surface area contributed by atoms with Crippen LogP contribution < -0.4 is 39.6 Å². The number of rotatable bonds is 8. The summed E-state index contributed by atoms with van der Waals surface area (Å²) in [7, 11) is 0. The fourth-order valence-electron chi connectivity index (χ4n) is 3.64. The molecule has 2 aromatic rings. The quantitative estimate of drug-likeness (QED) is 0.584. The predicted molar refractivity (Wildman–Crippen MR) is 108 cm³/mol. The Kier molecular flexibility index (Phi) is 10.4. The van der Waals surface area contributed by atoms with Gasteiger partial charge in [-0.15, -0.1) is 0 Å². The standard InChI is InChI=1S/C23H27NO5.Na/c25-22(26)17-28-15-18-11-13-19(14-12-18)16-29-23(27)24(20-7-3-1-4-8-20)21-9-5-2-6-10-21;/h1-10,18-19H,11-17H2,(H,25,26);/q;+1/p-1. The molecule has 0 saturated heterocycles. The van der Waals surface area contributed by atoms with Crippen LogP contribution in [-0.4, -0.2) is 31.9 Å². The average Bonchev–Trinajstić information content (AvgIpc) is 2.75. The molecule has 1 fully saturated rings. The van der Waals surface area contributed by atoms with E-state index in [2.05, 4.69) is 0 Å². The third kappa shape index (κ3) is 7.43. The molecule has 0 radical (unpaired) electrons. The SMILES string of the molecule is O=C([O-])COCC1CCC(COC(=O)N(c2ccccc2)c2ccccc2)CC1.[Na+]. The van der Waals surface area contributed by atoms with Gasteiger partial charge in [0.2, 0.25) is 0 Å². The fourth-order valence-corrected chi connectivity index (χ4v) is 3.64. The molecule has 0 atom stereocenters. The summed E-state index contributed by atoms with van der Waals surface area (Å²) in [4.78, 5) is 24.9. The van der Waals surface area contributed by atoms with Crippen molar-refractivity contribution in [3.8, 4) is 0 Å². The van der Waals surface area contributed by atoms with Crippen LogP contribution in [-0.2, 0) is 14.3 Å². The number of benzene rings is 2. The minimum absolute atomic E-state index is 0. The molecular weight excluding hydrogens is 393 g/mol. The maximum absolute atomic E-state index is 12.9. The van der Waals surface area contributed by atoms with Crippen LogP contribution in [0.1, 0.15) is 25.7 Å². The van der Waals surface area contributed by atoms with Gasteiger partial charge in [0.25, 0.3) is 0 Å². The van der Waals surface area contributed by atoms with Crippen LogP contribution in [0.3, 0.4) is 0 Å². The first-order valence-electron chi connectivity index (χ1n) is 9.98. The summed E-state index contributed by atoms with van der Waals surface area (Å²) < 4.78 is 10.8. The second-order valence-corrected chi connectivity index (χ2v) is 7.36. The van der Waals surface area contributed by atoms with Crippen molar-refractivity contribution in [3.63, 3.8) is 0 Å². The van der Waals surface area contributed by atoms with Crippen LogP contribution in [0.4, 0.5) is 16.2 Å². The van der Waals surface area contributed by atoms with Gasteiger partial charge < -0.3 is 19.4 Å². The smallest absolute Gasteiger partial charge is 0.548 e. The minimum atomic E-state index is -1.19. The first-order chi connectivity index (χ1) is 14.1. The number of hydrogen-bond acceptors (Lipinski definition) is 5. The zero-order valence-electron chi connectivity index (χ0n) is 17.4. The van der Waals surface area contributed by atoms with Gasteiger partial charge in [0.1, 0.15) is 0 Å². The molecule has 30 heavy (non-hydrogen) atoms.